The molecule has 55 heavy (non-hydrogen) atoms. The Morgan fingerprint density at radius 3 is 2.56 bits per heavy atom. The number of aryl methyl sites for hydroxylation is 1. The van der Waals surface area contributed by atoms with E-state index >= 15 is 0 Å². The molecule has 3 aliphatic rings. The van der Waals surface area contributed by atoms with Gasteiger partial charge in [0.2, 0.25) is 0 Å². The summed E-state index contributed by atoms with van der Waals surface area (Å²) in [6.45, 7) is 8.94. The lowest BCUT2D eigenvalue weighted by molar-refractivity contribution is 0.0146. The SMILES string of the molecule is CCC(CCC(C)C)CCC1CC(O)CCc2ccc(O)c(c2)OCc2cc(C3(c4ccccc4)CCOCC3)cc3cn(cc23)C2=C(C=CC(N)N2)CO1. The molecule has 8 nitrogen and oxygen atoms in total. The third kappa shape index (κ3) is 9.32. The highest BCUT2D eigenvalue weighted by Crippen LogP contribution is 2.43. The molecule has 4 heterocycles. The van der Waals surface area contributed by atoms with Crippen molar-refractivity contribution in [1.82, 2.24) is 9.88 Å². The standard InChI is InChI=1S/C47H61N3O5/c1-4-33(11-10-32(2)3)13-17-41-27-40(51)16-12-34-14-18-43(52)44(24-34)55-31-37-26-39(47(20-22-53-23-21-47)38-8-6-5-7-9-38)25-36-28-50(29-42(36)37)46-35(30-54-41)15-19-45(48)49-46/h5-9,14-15,18-19,24-26,28-29,32-33,40-41,45,49,51-52H,4,10-13,16-17,20-23,27,30-31,48H2,1-3H3. The molecule has 8 heteroatoms. The number of phenolic OH excluding ortho intramolecular Hbond substituents is 1. The number of nitrogens with one attached hydrogen (secondary N) is 1. The summed E-state index contributed by atoms with van der Waals surface area (Å²) < 4.78 is 21.4. The van der Waals surface area contributed by atoms with Gasteiger partial charge in [0.25, 0.3) is 0 Å². The molecule has 0 radical (unpaired) electrons. The van der Waals surface area contributed by atoms with Crippen molar-refractivity contribution in [2.45, 2.75) is 115 Å². The summed E-state index contributed by atoms with van der Waals surface area (Å²) in [7, 11) is 0. The van der Waals surface area contributed by atoms with Gasteiger partial charge in [0.05, 0.1) is 25.0 Å². The molecule has 5 N–H and O–H groups in total. The normalized spacial score (nSPS) is 22.5. The highest BCUT2D eigenvalue weighted by atomic mass is 16.5. The van der Waals surface area contributed by atoms with Crippen molar-refractivity contribution < 1.29 is 24.4 Å². The van der Waals surface area contributed by atoms with Gasteiger partial charge < -0.3 is 40.0 Å². The summed E-state index contributed by atoms with van der Waals surface area (Å²) >= 11 is 0. The highest BCUT2D eigenvalue weighted by molar-refractivity contribution is 5.88. The number of dihydropyridines is 1. The van der Waals surface area contributed by atoms with Gasteiger partial charge in [0.1, 0.15) is 12.4 Å². The smallest absolute Gasteiger partial charge is 0.161 e. The number of ether oxygens (including phenoxy) is 3. The van der Waals surface area contributed by atoms with E-state index in [0.717, 1.165) is 65.4 Å². The number of benzene rings is 3. The van der Waals surface area contributed by atoms with E-state index in [4.69, 9.17) is 19.9 Å². The first kappa shape index (κ1) is 39.2. The number of aromatic nitrogens is 1. The average molecular weight is 748 g/mol. The van der Waals surface area contributed by atoms with Crippen LogP contribution in [0, 0.1) is 11.8 Å². The van der Waals surface area contributed by atoms with Gasteiger partial charge in [-0.05, 0) is 103 Å². The summed E-state index contributed by atoms with van der Waals surface area (Å²) in [5.41, 5.74) is 11.9. The van der Waals surface area contributed by atoms with Crippen molar-refractivity contribution >= 4 is 16.6 Å². The van der Waals surface area contributed by atoms with Crippen LogP contribution in [0.3, 0.4) is 0 Å². The molecule has 4 aromatic rings. The highest BCUT2D eigenvalue weighted by Gasteiger charge is 2.37. The summed E-state index contributed by atoms with van der Waals surface area (Å²) in [5.74, 6) is 2.77. The maximum atomic E-state index is 11.4. The average Bonchev–Trinajstić information content (AvgIpc) is 3.64. The zero-order valence-electron chi connectivity index (χ0n) is 33.0. The topological polar surface area (TPSA) is 111 Å². The Kier molecular flexibility index (Phi) is 12.7. The van der Waals surface area contributed by atoms with E-state index in [1.807, 2.05) is 18.2 Å². The van der Waals surface area contributed by atoms with Crippen molar-refractivity contribution in [2.24, 2.45) is 17.6 Å². The molecule has 1 aromatic heterocycles. The van der Waals surface area contributed by atoms with E-state index in [-0.39, 0.29) is 30.0 Å². The predicted octanol–water partition coefficient (Wildman–Crippen LogP) is 8.96. The predicted molar refractivity (Wildman–Crippen MR) is 221 cm³/mol. The van der Waals surface area contributed by atoms with Gasteiger partial charge in [0, 0.05) is 47.4 Å². The van der Waals surface area contributed by atoms with Gasteiger partial charge in [-0.1, -0.05) is 88.6 Å². The first-order valence-corrected chi connectivity index (χ1v) is 20.7. The Balaban J connectivity index is 1.30. The molecule has 4 bridgehead atoms. The second-order valence-electron chi connectivity index (χ2n) is 16.5. The van der Waals surface area contributed by atoms with E-state index < -0.39 is 6.10 Å². The molecule has 1 fully saturated rings. The van der Waals surface area contributed by atoms with Crippen LogP contribution in [-0.2, 0) is 27.9 Å². The zero-order chi connectivity index (χ0) is 38.4. The van der Waals surface area contributed by atoms with Crippen LogP contribution in [0.5, 0.6) is 11.5 Å². The van der Waals surface area contributed by atoms with Crippen LogP contribution in [0.4, 0.5) is 0 Å². The lowest BCUT2D eigenvalue weighted by Crippen LogP contribution is -2.38. The molecule has 3 aromatic carbocycles. The van der Waals surface area contributed by atoms with Crippen LogP contribution in [0.15, 0.2) is 90.8 Å². The van der Waals surface area contributed by atoms with Gasteiger partial charge >= 0.3 is 0 Å². The first-order valence-electron chi connectivity index (χ1n) is 20.7. The lowest BCUT2D eigenvalue weighted by atomic mass is 9.68. The third-order valence-electron chi connectivity index (χ3n) is 12.2. The monoisotopic (exact) mass is 747 g/mol. The second kappa shape index (κ2) is 17.8. The lowest BCUT2D eigenvalue weighted by Gasteiger charge is -2.39. The number of hydrogen-bond donors (Lipinski definition) is 4. The van der Waals surface area contributed by atoms with Crippen LogP contribution in [0.1, 0.15) is 101 Å². The van der Waals surface area contributed by atoms with Crippen molar-refractivity contribution in [3.8, 4) is 11.5 Å². The van der Waals surface area contributed by atoms with Crippen LogP contribution in [-0.4, -0.2) is 53.0 Å². The summed E-state index contributed by atoms with van der Waals surface area (Å²) in [4.78, 5) is 0. The van der Waals surface area contributed by atoms with E-state index in [9.17, 15) is 10.2 Å². The van der Waals surface area contributed by atoms with Crippen molar-refractivity contribution in [2.75, 3.05) is 19.8 Å². The molecule has 3 aliphatic heterocycles. The van der Waals surface area contributed by atoms with Crippen LogP contribution in [0.2, 0.25) is 0 Å². The van der Waals surface area contributed by atoms with Crippen molar-refractivity contribution in [3.63, 3.8) is 0 Å². The van der Waals surface area contributed by atoms with Crippen molar-refractivity contribution in [1.29, 1.82) is 0 Å². The maximum Gasteiger partial charge on any atom is 0.161 e. The fourth-order valence-electron chi connectivity index (χ4n) is 8.79. The summed E-state index contributed by atoms with van der Waals surface area (Å²) in [6.07, 6.45) is 16.6. The quantitative estimate of drug-likeness (QED) is 0.135. The molecule has 0 saturated carbocycles. The number of nitrogens with zero attached hydrogens (tertiary/aromatic N) is 1. The minimum atomic E-state index is -0.524. The molecule has 0 amide bonds. The molecule has 0 aliphatic carbocycles. The Labute approximate surface area is 327 Å². The van der Waals surface area contributed by atoms with Gasteiger partial charge in [-0.15, -0.1) is 0 Å². The molecule has 4 atom stereocenters. The maximum absolute atomic E-state index is 11.4. The van der Waals surface area contributed by atoms with E-state index in [2.05, 4.69) is 91.6 Å². The molecular formula is C47H61N3O5. The van der Waals surface area contributed by atoms with Crippen molar-refractivity contribution in [3.05, 3.63) is 113 Å². The Bertz CT molecular complexity index is 1940. The Morgan fingerprint density at radius 1 is 0.964 bits per heavy atom. The number of nitrogens with two attached hydrogens (primary N) is 1. The number of aromatic hydroxyl groups is 1. The number of aliphatic hydroxyl groups is 1. The van der Waals surface area contributed by atoms with Crippen LogP contribution < -0.4 is 15.8 Å². The third-order valence-corrected chi connectivity index (χ3v) is 12.2. The van der Waals surface area contributed by atoms with E-state index in [1.54, 1.807) is 6.07 Å². The largest absolute Gasteiger partial charge is 0.504 e. The second-order valence-corrected chi connectivity index (χ2v) is 16.5. The van der Waals surface area contributed by atoms with Gasteiger partial charge in [-0.2, -0.15) is 0 Å². The Morgan fingerprint density at radius 2 is 1.78 bits per heavy atom. The minimum Gasteiger partial charge on any atom is -0.504 e. The zero-order valence-corrected chi connectivity index (χ0v) is 33.0. The molecule has 294 valence electrons. The molecule has 4 unspecified atom stereocenters. The number of hydrogen-bond acceptors (Lipinski definition) is 7. The number of fused-ring (bicyclic) bond motifs is 4. The van der Waals surface area contributed by atoms with E-state index in [0.29, 0.717) is 56.7 Å². The minimum absolute atomic E-state index is 0.0926. The first-order chi connectivity index (χ1) is 26.7. The molecule has 1 saturated heterocycles. The van der Waals surface area contributed by atoms with Gasteiger partial charge in [-0.3, -0.25) is 0 Å². The summed E-state index contributed by atoms with van der Waals surface area (Å²) in [5, 5.41) is 28.0. The number of rotatable bonds is 9. The van der Waals surface area contributed by atoms with E-state index in [1.165, 1.54) is 24.0 Å². The van der Waals surface area contributed by atoms with Gasteiger partial charge in [-0.25, -0.2) is 0 Å². The molecule has 7 rings (SSSR count). The fourth-order valence-corrected chi connectivity index (χ4v) is 8.79. The molecular weight excluding hydrogens is 687 g/mol. The van der Waals surface area contributed by atoms with Crippen LogP contribution >= 0.6 is 0 Å². The Hall–Kier alpha value is -4.08. The van der Waals surface area contributed by atoms with Crippen LogP contribution in [0.25, 0.3) is 16.6 Å². The van der Waals surface area contributed by atoms with Gasteiger partial charge in [0.15, 0.2) is 11.5 Å². The molecule has 0 spiro atoms. The fraction of sp³-hybridized carbons (Fsp3) is 0.489. The summed E-state index contributed by atoms with van der Waals surface area (Å²) in [6, 6.07) is 21.0. The number of aliphatic hydroxyl groups excluding tert-OH is 1. The number of phenols is 1.